The largest absolute Gasteiger partial charge is 0.497 e. The summed E-state index contributed by atoms with van der Waals surface area (Å²) < 4.78 is 5.16. The first-order chi connectivity index (χ1) is 15.4. The zero-order valence-corrected chi connectivity index (χ0v) is 18.5. The van der Waals surface area contributed by atoms with Gasteiger partial charge in [0.2, 0.25) is 11.8 Å². The third-order valence-electron chi connectivity index (χ3n) is 6.45. The number of carbonyl (C=O) groups excluding carboxylic acids is 3. The third kappa shape index (κ3) is 4.77. The Balaban J connectivity index is 1.34. The van der Waals surface area contributed by atoms with Crippen molar-refractivity contribution >= 4 is 17.8 Å². The highest BCUT2D eigenvalue weighted by Gasteiger charge is 2.45. The molecule has 2 aliphatic rings. The number of nitrogens with one attached hydrogen (secondary N) is 2. The molecule has 2 N–H and O–H groups in total. The molecule has 0 aromatic heterocycles. The van der Waals surface area contributed by atoms with Gasteiger partial charge >= 0.3 is 6.03 Å². The van der Waals surface area contributed by atoms with Gasteiger partial charge in [-0.2, -0.15) is 0 Å². The Labute approximate surface area is 188 Å². The van der Waals surface area contributed by atoms with Crippen LogP contribution >= 0.6 is 0 Å². The van der Waals surface area contributed by atoms with Crippen molar-refractivity contribution in [3.63, 3.8) is 0 Å². The van der Waals surface area contributed by atoms with Crippen molar-refractivity contribution in [2.24, 2.45) is 11.8 Å². The maximum absolute atomic E-state index is 13.1. The van der Waals surface area contributed by atoms with E-state index in [0.29, 0.717) is 25.8 Å². The van der Waals surface area contributed by atoms with Crippen LogP contribution in [0.4, 0.5) is 4.79 Å². The maximum atomic E-state index is 13.1. The number of benzene rings is 2. The van der Waals surface area contributed by atoms with Gasteiger partial charge in [-0.25, -0.2) is 4.79 Å². The zero-order chi connectivity index (χ0) is 22.7. The topological polar surface area (TPSA) is 87.7 Å². The summed E-state index contributed by atoms with van der Waals surface area (Å²) in [5.41, 5.74) is 3.09. The van der Waals surface area contributed by atoms with Gasteiger partial charge in [0.1, 0.15) is 5.75 Å². The second kappa shape index (κ2) is 9.42. The van der Waals surface area contributed by atoms with Crippen molar-refractivity contribution in [2.75, 3.05) is 7.11 Å². The molecule has 1 saturated carbocycles. The lowest BCUT2D eigenvalue weighted by Gasteiger charge is -2.42. The number of fused-ring (bicyclic) bond motifs is 1. The van der Waals surface area contributed by atoms with Crippen LogP contribution in [0.5, 0.6) is 5.75 Å². The Morgan fingerprint density at radius 3 is 2.44 bits per heavy atom. The molecular weight excluding hydrogens is 406 g/mol. The first-order valence-electron chi connectivity index (χ1n) is 11.0. The maximum Gasteiger partial charge on any atom is 0.324 e. The number of nitrogens with zero attached hydrogens (tertiary/aromatic N) is 1. The Morgan fingerprint density at radius 1 is 1.06 bits per heavy atom. The van der Waals surface area contributed by atoms with Crippen molar-refractivity contribution < 1.29 is 19.1 Å². The van der Waals surface area contributed by atoms with Gasteiger partial charge in [-0.1, -0.05) is 42.0 Å². The summed E-state index contributed by atoms with van der Waals surface area (Å²) in [7, 11) is 1.59. The normalized spacial score (nSPS) is 22.7. The quantitative estimate of drug-likeness (QED) is 0.730. The summed E-state index contributed by atoms with van der Waals surface area (Å²) in [5, 5.41) is 5.97. The first kappa shape index (κ1) is 21.9. The van der Waals surface area contributed by atoms with E-state index in [4.69, 9.17) is 4.74 Å². The fourth-order valence-corrected chi connectivity index (χ4v) is 4.50. The van der Waals surface area contributed by atoms with Crippen LogP contribution in [-0.4, -0.2) is 35.9 Å². The summed E-state index contributed by atoms with van der Waals surface area (Å²) in [6.07, 6.45) is 1.71. The van der Waals surface area contributed by atoms with Crippen LogP contribution in [0.25, 0.3) is 0 Å². The molecule has 3 unspecified atom stereocenters. The highest BCUT2D eigenvalue weighted by atomic mass is 16.5. The predicted molar refractivity (Wildman–Crippen MR) is 120 cm³/mol. The van der Waals surface area contributed by atoms with Crippen molar-refractivity contribution in [1.29, 1.82) is 0 Å². The van der Waals surface area contributed by atoms with E-state index in [9.17, 15) is 14.4 Å². The van der Waals surface area contributed by atoms with Gasteiger partial charge in [-0.15, -0.1) is 0 Å². The third-order valence-corrected chi connectivity index (χ3v) is 6.45. The first-order valence-corrected chi connectivity index (χ1v) is 11.0. The molecule has 1 heterocycles. The van der Waals surface area contributed by atoms with Gasteiger partial charge in [0.25, 0.3) is 0 Å². The second-order valence-electron chi connectivity index (χ2n) is 8.65. The van der Waals surface area contributed by atoms with Gasteiger partial charge < -0.3 is 15.4 Å². The summed E-state index contributed by atoms with van der Waals surface area (Å²) >= 11 is 0. The lowest BCUT2D eigenvalue weighted by Crippen LogP contribution is -2.61. The van der Waals surface area contributed by atoms with E-state index < -0.39 is 6.03 Å². The van der Waals surface area contributed by atoms with Gasteiger partial charge in [-0.3, -0.25) is 14.5 Å². The average Bonchev–Trinajstić information content (AvgIpc) is 2.81. The number of urea groups is 1. The number of rotatable bonds is 6. The molecule has 7 nitrogen and oxygen atoms in total. The fraction of sp³-hybridized carbons (Fsp3) is 0.400. The van der Waals surface area contributed by atoms with Crippen LogP contribution in [0, 0.1) is 18.8 Å². The van der Waals surface area contributed by atoms with E-state index in [2.05, 4.69) is 10.6 Å². The van der Waals surface area contributed by atoms with E-state index >= 15 is 0 Å². The molecule has 168 valence electrons. The molecule has 1 saturated heterocycles. The van der Waals surface area contributed by atoms with Gasteiger partial charge in [0.15, 0.2) is 0 Å². The number of carbonyl (C=O) groups is 3. The molecule has 4 amide bonds. The number of ether oxygens (including phenoxy) is 1. The van der Waals surface area contributed by atoms with E-state index in [0.717, 1.165) is 16.9 Å². The number of aryl methyl sites for hydroxylation is 1. The second-order valence-corrected chi connectivity index (χ2v) is 8.65. The minimum atomic E-state index is -0.396. The lowest BCUT2D eigenvalue weighted by atomic mass is 9.76. The Kier molecular flexibility index (Phi) is 6.44. The minimum absolute atomic E-state index is 0.0219. The fourth-order valence-electron chi connectivity index (χ4n) is 4.50. The van der Waals surface area contributed by atoms with E-state index in [-0.39, 0.29) is 36.2 Å². The van der Waals surface area contributed by atoms with Crippen molar-refractivity contribution in [3.8, 4) is 5.75 Å². The Hall–Kier alpha value is -3.35. The molecule has 1 aliphatic carbocycles. The predicted octanol–water partition coefficient (Wildman–Crippen LogP) is 3.16. The number of methoxy groups -OCH3 is 1. The smallest absolute Gasteiger partial charge is 0.324 e. The SMILES string of the molecule is COc1ccc(CN2C(=O)NC3CC(C(=O)NCc4ccc(C)cc4)CCC3C2=O)cc1. The molecule has 32 heavy (non-hydrogen) atoms. The van der Waals surface area contributed by atoms with E-state index in [1.165, 1.54) is 10.5 Å². The average molecular weight is 436 g/mol. The van der Waals surface area contributed by atoms with Crippen LogP contribution in [0.15, 0.2) is 48.5 Å². The molecule has 7 heteroatoms. The molecule has 2 aromatic carbocycles. The lowest BCUT2D eigenvalue weighted by molar-refractivity contribution is -0.139. The van der Waals surface area contributed by atoms with Crippen molar-refractivity contribution in [1.82, 2.24) is 15.5 Å². The van der Waals surface area contributed by atoms with Crippen LogP contribution in [0.3, 0.4) is 0 Å². The van der Waals surface area contributed by atoms with Crippen LogP contribution in [0.1, 0.15) is 36.0 Å². The molecule has 3 atom stereocenters. The molecule has 1 aliphatic heterocycles. The Bertz CT molecular complexity index is 987. The molecule has 0 radical (unpaired) electrons. The standard InChI is InChI=1S/C25H29N3O4/c1-16-3-5-17(6-4-16)14-26-23(29)19-9-12-21-22(13-19)27-25(31)28(24(21)30)15-18-7-10-20(32-2)11-8-18/h3-8,10-11,19,21-22H,9,12-15H2,1-2H3,(H,26,29)(H,27,31). The highest BCUT2D eigenvalue weighted by Crippen LogP contribution is 2.33. The van der Waals surface area contributed by atoms with Gasteiger partial charge in [-0.05, 0) is 49.4 Å². The summed E-state index contributed by atoms with van der Waals surface area (Å²) in [6, 6.07) is 14.7. The summed E-state index contributed by atoms with van der Waals surface area (Å²) in [6.45, 7) is 2.72. The van der Waals surface area contributed by atoms with Crippen LogP contribution < -0.4 is 15.4 Å². The summed E-state index contributed by atoms with van der Waals surface area (Å²) in [4.78, 5) is 39.7. The monoisotopic (exact) mass is 435 g/mol. The molecule has 2 aromatic rings. The molecular formula is C25H29N3O4. The zero-order valence-electron chi connectivity index (χ0n) is 18.5. The van der Waals surface area contributed by atoms with E-state index in [1.807, 2.05) is 55.5 Å². The van der Waals surface area contributed by atoms with Gasteiger partial charge in [0, 0.05) is 18.5 Å². The highest BCUT2D eigenvalue weighted by molar-refractivity contribution is 5.99. The van der Waals surface area contributed by atoms with Gasteiger partial charge in [0.05, 0.1) is 19.6 Å². The van der Waals surface area contributed by atoms with Crippen molar-refractivity contribution in [3.05, 3.63) is 65.2 Å². The molecule has 4 rings (SSSR count). The van der Waals surface area contributed by atoms with E-state index in [1.54, 1.807) is 7.11 Å². The number of imide groups is 1. The number of hydrogen-bond donors (Lipinski definition) is 2. The molecule has 0 spiro atoms. The van der Waals surface area contributed by atoms with Crippen LogP contribution in [-0.2, 0) is 22.7 Å². The number of hydrogen-bond acceptors (Lipinski definition) is 4. The molecule has 0 bridgehead atoms. The minimum Gasteiger partial charge on any atom is -0.497 e. The molecule has 2 fully saturated rings. The number of amides is 4. The van der Waals surface area contributed by atoms with Crippen LogP contribution in [0.2, 0.25) is 0 Å². The Morgan fingerprint density at radius 2 is 1.75 bits per heavy atom. The van der Waals surface area contributed by atoms with Crippen molar-refractivity contribution in [2.45, 2.75) is 45.3 Å². The summed E-state index contributed by atoms with van der Waals surface area (Å²) in [5.74, 6) is 0.0525.